The highest BCUT2D eigenvalue weighted by molar-refractivity contribution is 5.98. The summed E-state index contributed by atoms with van der Waals surface area (Å²) in [7, 11) is 1.57. The zero-order valence-corrected chi connectivity index (χ0v) is 15.7. The van der Waals surface area contributed by atoms with E-state index in [9.17, 15) is 14.4 Å². The van der Waals surface area contributed by atoms with Gasteiger partial charge in [0.05, 0.1) is 7.11 Å². The number of imide groups is 1. The van der Waals surface area contributed by atoms with Gasteiger partial charge < -0.3 is 14.8 Å². The standard InChI is InChI=1S/C20H26N2O5/c1-14(19(24)22-20(25)21-16-6-4-3-5-7-16)27-18(23)13-10-15-8-11-17(26-2)12-9-15/h8-14,16H,3-7H2,1-2H3,(H2,21,22,24,25)/b13-10+/t14-/m1/s1. The fourth-order valence-corrected chi connectivity index (χ4v) is 2.83. The van der Waals surface area contributed by atoms with Gasteiger partial charge in [-0.1, -0.05) is 31.4 Å². The molecule has 2 N–H and O–H groups in total. The number of rotatable bonds is 6. The molecule has 1 saturated carbocycles. The van der Waals surface area contributed by atoms with Crippen LogP contribution in [0.5, 0.6) is 5.75 Å². The van der Waals surface area contributed by atoms with Crippen LogP contribution in [0.3, 0.4) is 0 Å². The molecule has 1 fully saturated rings. The van der Waals surface area contributed by atoms with E-state index in [2.05, 4.69) is 10.6 Å². The van der Waals surface area contributed by atoms with Gasteiger partial charge in [0.2, 0.25) is 0 Å². The number of ether oxygens (including phenoxy) is 2. The van der Waals surface area contributed by atoms with Crippen LogP contribution in [0, 0.1) is 0 Å². The van der Waals surface area contributed by atoms with Crippen molar-refractivity contribution in [1.29, 1.82) is 0 Å². The number of methoxy groups -OCH3 is 1. The molecule has 0 spiro atoms. The molecule has 2 rings (SSSR count). The van der Waals surface area contributed by atoms with Crippen molar-refractivity contribution in [2.45, 2.75) is 51.2 Å². The Bertz CT molecular complexity index is 678. The summed E-state index contributed by atoms with van der Waals surface area (Å²) in [6, 6.07) is 6.65. The first-order chi connectivity index (χ1) is 13.0. The summed E-state index contributed by atoms with van der Waals surface area (Å²) in [5.74, 6) is -0.609. The maximum Gasteiger partial charge on any atom is 0.331 e. The predicted molar refractivity (Wildman–Crippen MR) is 101 cm³/mol. The van der Waals surface area contributed by atoms with Crippen LogP contribution in [-0.2, 0) is 14.3 Å². The van der Waals surface area contributed by atoms with E-state index in [1.54, 1.807) is 37.5 Å². The number of amides is 3. The van der Waals surface area contributed by atoms with Crippen LogP contribution in [0.15, 0.2) is 30.3 Å². The van der Waals surface area contributed by atoms with Gasteiger partial charge in [0.15, 0.2) is 6.10 Å². The molecule has 27 heavy (non-hydrogen) atoms. The van der Waals surface area contributed by atoms with Gasteiger partial charge >= 0.3 is 12.0 Å². The van der Waals surface area contributed by atoms with Gasteiger partial charge in [0, 0.05) is 12.1 Å². The number of hydrogen-bond acceptors (Lipinski definition) is 5. The normalized spacial score (nSPS) is 15.8. The van der Waals surface area contributed by atoms with Crippen LogP contribution in [0.1, 0.15) is 44.6 Å². The molecule has 1 atom stereocenters. The molecule has 0 saturated heterocycles. The lowest BCUT2D eigenvalue weighted by atomic mass is 9.96. The highest BCUT2D eigenvalue weighted by Crippen LogP contribution is 2.17. The zero-order chi connectivity index (χ0) is 19.6. The van der Waals surface area contributed by atoms with Gasteiger partial charge in [-0.05, 0) is 43.5 Å². The largest absolute Gasteiger partial charge is 0.497 e. The third kappa shape index (κ3) is 7.13. The van der Waals surface area contributed by atoms with Crippen LogP contribution < -0.4 is 15.4 Å². The van der Waals surface area contributed by atoms with Crippen LogP contribution in [0.4, 0.5) is 4.79 Å². The molecule has 0 aliphatic heterocycles. The maximum atomic E-state index is 12.0. The van der Waals surface area contributed by atoms with Crippen LogP contribution in [-0.4, -0.2) is 37.2 Å². The van der Waals surface area contributed by atoms with Crippen LogP contribution >= 0.6 is 0 Å². The molecular formula is C20H26N2O5. The van der Waals surface area contributed by atoms with Crippen molar-refractivity contribution in [3.8, 4) is 5.75 Å². The summed E-state index contributed by atoms with van der Waals surface area (Å²) in [6.07, 6.45) is 6.90. The zero-order valence-electron chi connectivity index (χ0n) is 15.7. The molecule has 146 valence electrons. The third-order valence-corrected chi connectivity index (χ3v) is 4.37. The first-order valence-electron chi connectivity index (χ1n) is 9.12. The highest BCUT2D eigenvalue weighted by Gasteiger charge is 2.21. The number of carbonyl (C=O) groups excluding carboxylic acids is 3. The number of carbonyl (C=O) groups is 3. The van der Waals surface area contributed by atoms with E-state index < -0.39 is 24.0 Å². The number of esters is 1. The summed E-state index contributed by atoms with van der Waals surface area (Å²) in [5.41, 5.74) is 0.789. The molecular weight excluding hydrogens is 348 g/mol. The van der Waals surface area contributed by atoms with E-state index in [1.807, 2.05) is 0 Å². The quantitative estimate of drug-likeness (QED) is 0.590. The number of benzene rings is 1. The summed E-state index contributed by atoms with van der Waals surface area (Å²) in [6.45, 7) is 1.42. The number of hydrogen-bond donors (Lipinski definition) is 2. The summed E-state index contributed by atoms with van der Waals surface area (Å²) < 4.78 is 10.1. The molecule has 1 aliphatic rings. The molecule has 1 aliphatic carbocycles. The van der Waals surface area contributed by atoms with E-state index in [4.69, 9.17) is 9.47 Å². The lowest BCUT2D eigenvalue weighted by Crippen LogP contribution is -2.48. The Morgan fingerprint density at radius 2 is 1.78 bits per heavy atom. The topological polar surface area (TPSA) is 93.7 Å². The number of nitrogens with one attached hydrogen (secondary N) is 2. The predicted octanol–water partition coefficient (Wildman–Crippen LogP) is 2.80. The maximum absolute atomic E-state index is 12.0. The van der Waals surface area contributed by atoms with Crippen molar-refractivity contribution < 1.29 is 23.9 Å². The molecule has 0 aromatic heterocycles. The fraction of sp³-hybridized carbons (Fsp3) is 0.450. The first kappa shape index (κ1) is 20.5. The summed E-state index contributed by atoms with van der Waals surface area (Å²) in [4.78, 5) is 35.7. The van der Waals surface area contributed by atoms with E-state index in [1.165, 1.54) is 19.4 Å². The summed E-state index contributed by atoms with van der Waals surface area (Å²) in [5, 5.41) is 4.99. The molecule has 0 radical (unpaired) electrons. The van der Waals surface area contributed by atoms with Gasteiger partial charge in [0.1, 0.15) is 5.75 Å². The molecule has 7 nitrogen and oxygen atoms in total. The summed E-state index contributed by atoms with van der Waals surface area (Å²) >= 11 is 0. The Balaban J connectivity index is 1.75. The van der Waals surface area contributed by atoms with Gasteiger partial charge in [-0.3, -0.25) is 10.1 Å². The average Bonchev–Trinajstić information content (AvgIpc) is 2.67. The molecule has 7 heteroatoms. The number of urea groups is 1. The second-order valence-corrected chi connectivity index (χ2v) is 6.48. The second kappa shape index (κ2) is 10.4. The molecule has 0 heterocycles. The van der Waals surface area contributed by atoms with Gasteiger partial charge in [-0.15, -0.1) is 0 Å². The van der Waals surface area contributed by atoms with Gasteiger partial charge in [-0.25, -0.2) is 9.59 Å². The van der Waals surface area contributed by atoms with E-state index in [-0.39, 0.29) is 6.04 Å². The monoisotopic (exact) mass is 374 g/mol. The molecule has 0 unspecified atom stereocenters. The lowest BCUT2D eigenvalue weighted by Gasteiger charge is -2.23. The van der Waals surface area contributed by atoms with Crippen molar-refractivity contribution >= 4 is 24.0 Å². The second-order valence-electron chi connectivity index (χ2n) is 6.48. The molecule has 1 aromatic rings. The van der Waals surface area contributed by atoms with Crippen molar-refractivity contribution in [3.63, 3.8) is 0 Å². The highest BCUT2D eigenvalue weighted by atomic mass is 16.5. The van der Waals surface area contributed by atoms with Gasteiger partial charge in [0.25, 0.3) is 5.91 Å². The third-order valence-electron chi connectivity index (χ3n) is 4.37. The van der Waals surface area contributed by atoms with Crippen molar-refractivity contribution in [1.82, 2.24) is 10.6 Å². The Hall–Kier alpha value is -2.83. The van der Waals surface area contributed by atoms with Crippen LogP contribution in [0.25, 0.3) is 6.08 Å². The molecule has 3 amide bonds. The first-order valence-corrected chi connectivity index (χ1v) is 9.12. The smallest absolute Gasteiger partial charge is 0.331 e. The lowest BCUT2D eigenvalue weighted by molar-refractivity contribution is -0.149. The minimum absolute atomic E-state index is 0.0943. The Kier molecular flexibility index (Phi) is 7.85. The van der Waals surface area contributed by atoms with Crippen molar-refractivity contribution in [3.05, 3.63) is 35.9 Å². The van der Waals surface area contributed by atoms with E-state index in [0.717, 1.165) is 31.2 Å². The Labute approximate surface area is 159 Å². The minimum Gasteiger partial charge on any atom is -0.497 e. The van der Waals surface area contributed by atoms with Gasteiger partial charge in [-0.2, -0.15) is 0 Å². The van der Waals surface area contributed by atoms with Crippen molar-refractivity contribution in [2.24, 2.45) is 0 Å². The van der Waals surface area contributed by atoms with Crippen molar-refractivity contribution in [2.75, 3.05) is 7.11 Å². The van der Waals surface area contributed by atoms with E-state index >= 15 is 0 Å². The fourth-order valence-electron chi connectivity index (χ4n) is 2.83. The van der Waals surface area contributed by atoms with E-state index in [0.29, 0.717) is 5.75 Å². The Morgan fingerprint density at radius 3 is 2.41 bits per heavy atom. The molecule has 0 bridgehead atoms. The average molecular weight is 374 g/mol. The van der Waals surface area contributed by atoms with Crippen LogP contribution in [0.2, 0.25) is 0 Å². The minimum atomic E-state index is -1.07. The molecule has 1 aromatic carbocycles. The SMILES string of the molecule is COc1ccc(/C=C/C(=O)O[C@H](C)C(=O)NC(=O)NC2CCCCC2)cc1. The Morgan fingerprint density at radius 1 is 1.11 bits per heavy atom.